The van der Waals surface area contributed by atoms with Crippen LogP contribution in [0.2, 0.25) is 157 Å². The maximum absolute atomic E-state index is 4.83. The van der Waals surface area contributed by atoms with E-state index >= 15 is 0 Å². The summed E-state index contributed by atoms with van der Waals surface area (Å²) >= 11 is 0. The monoisotopic (exact) mass is 2320 g/mol. The number of benzene rings is 4. The molecule has 8 rings (SSSR count). The Balaban J connectivity index is -0.000000629. The fourth-order valence-electron chi connectivity index (χ4n) is 13.2. The molecule has 4 aromatic heterocycles. The van der Waals surface area contributed by atoms with Gasteiger partial charge in [0.15, 0.2) is 0 Å². The van der Waals surface area contributed by atoms with E-state index < -0.39 is 65.9 Å². The molecule has 0 aliphatic rings. The van der Waals surface area contributed by atoms with Crippen LogP contribution < -0.4 is 19.9 Å². The fraction of sp³-hybridized carbons (Fsp3) is 0.565. The van der Waals surface area contributed by atoms with Crippen molar-refractivity contribution in [1.29, 1.82) is 0 Å². The summed E-state index contributed by atoms with van der Waals surface area (Å²) in [5, 5.41) is 19.3. The second kappa shape index (κ2) is 58.2. The zero-order valence-corrected chi connectivity index (χ0v) is 95.2. The van der Waals surface area contributed by atoms with Gasteiger partial charge in [-0.25, -0.2) is 0 Å². The van der Waals surface area contributed by atoms with Crippen molar-refractivity contribution in [2.75, 3.05) is 0 Å². The predicted molar refractivity (Wildman–Crippen MR) is 525 cm³/mol. The van der Waals surface area contributed by atoms with Gasteiger partial charge < -0.3 is 59.8 Å². The standard InChI is InChI=1S/4C17H22N2.4C6H18NSi2.4Er/c4*1-12(2)15-8-5-9-16(13(3)4)17(15)19-11-14-7-6-10-18-14;4*1-8(2,3)7-9(4,5)6;;;;/h4*5-10,12-13H,11H2,1-4H3;4*1-6H3;;;;/q4*-2;4*-1;4*+3. The molecule has 0 unspecified atom stereocenters. The Morgan fingerprint density at radius 1 is 0.198 bits per heavy atom. The molecule has 0 N–H and O–H groups in total. The van der Waals surface area contributed by atoms with Crippen molar-refractivity contribution in [3.63, 3.8) is 0 Å². The van der Waals surface area contributed by atoms with Crippen LogP contribution in [0.3, 0.4) is 0 Å². The first-order valence-corrected chi connectivity index (χ1v) is 69.2. The molecule has 0 saturated carbocycles. The van der Waals surface area contributed by atoms with Crippen LogP contribution in [-0.4, -0.2) is 65.9 Å². The van der Waals surface area contributed by atoms with Gasteiger partial charge in [-0.05, 0) is 47.3 Å². The summed E-state index contributed by atoms with van der Waals surface area (Å²) in [5.74, 6) is 3.93. The van der Waals surface area contributed by atoms with E-state index in [0.717, 1.165) is 45.5 Å². The molecule has 668 valence electrons. The van der Waals surface area contributed by atoms with Gasteiger partial charge in [0.25, 0.3) is 0 Å². The van der Waals surface area contributed by atoms with E-state index in [4.69, 9.17) is 39.9 Å². The van der Waals surface area contributed by atoms with Gasteiger partial charge in [0, 0.05) is 0 Å². The van der Waals surface area contributed by atoms with Gasteiger partial charge >= 0.3 is 149 Å². The van der Waals surface area contributed by atoms with Crippen LogP contribution in [0.4, 0.5) is 22.7 Å². The molecule has 24 heteroatoms. The van der Waals surface area contributed by atoms with E-state index in [1.807, 2.05) is 73.3 Å². The molecule has 0 amide bonds. The summed E-state index contributed by atoms with van der Waals surface area (Å²) in [7, 11) is -8.85. The van der Waals surface area contributed by atoms with Crippen LogP contribution in [0.5, 0.6) is 0 Å². The maximum Gasteiger partial charge on any atom is 3.00 e. The third-order valence-electron chi connectivity index (χ3n) is 16.1. The van der Waals surface area contributed by atoms with E-state index in [1.165, 1.54) is 44.5 Å². The van der Waals surface area contributed by atoms with Gasteiger partial charge in [-0.2, -0.15) is 47.6 Å². The summed E-state index contributed by atoms with van der Waals surface area (Å²) in [4.78, 5) is 17.1. The SMILES string of the molecule is CC(C)c1cccc(C(C)C)c1[N-]Cc1ccc[n-]1.CC(C)c1cccc(C(C)C)c1[N-]Cc1ccc[n-]1.CC(C)c1cccc(C(C)C)c1[N-]Cc1ccc[n-]1.CC(C)c1cccc(C(C)C)c1[N-]Cc1ccc[n-]1.C[Si](C)(C)[N-][Si](C)(C)C.C[Si](C)(C)[N-][Si](C)(C)C.C[Si](C)(C)[N-][Si](C)(C)C.C[Si](C)(C)[N-][Si](C)(C)C.[Er+3].[Er+3].[Er+3].[Er+3]. The number of hydrogen-bond acceptors (Lipinski definition) is 0. The van der Waals surface area contributed by atoms with Crippen molar-refractivity contribution < 1.29 is 149 Å². The Hall–Kier alpha value is -0.238. The van der Waals surface area contributed by atoms with E-state index in [9.17, 15) is 0 Å². The zero-order chi connectivity index (χ0) is 86.1. The number of para-hydroxylation sites is 4. The minimum absolute atomic E-state index is 0. The molecule has 0 fully saturated rings. The molecule has 4 heterocycles. The van der Waals surface area contributed by atoms with Crippen molar-refractivity contribution in [2.24, 2.45) is 0 Å². The van der Waals surface area contributed by atoms with Crippen LogP contribution in [0.25, 0.3) is 39.9 Å². The number of hydrogen-bond donors (Lipinski definition) is 0. The van der Waals surface area contributed by atoms with Crippen LogP contribution in [0, 0.1) is 149 Å². The normalized spacial score (nSPS) is 11.7. The molecule has 0 bridgehead atoms. The molecule has 0 aliphatic carbocycles. The number of rotatable bonds is 28. The van der Waals surface area contributed by atoms with Gasteiger partial charge in [-0.3, -0.25) is 0 Å². The van der Waals surface area contributed by atoms with Crippen LogP contribution in [-0.2, 0) is 26.2 Å². The Labute approximate surface area is 841 Å². The van der Waals surface area contributed by atoms with Crippen LogP contribution in [0.15, 0.2) is 146 Å². The Bertz CT molecular complexity index is 3140. The minimum atomic E-state index is -1.11. The second-order valence-corrected chi connectivity index (χ2v) is 78.3. The predicted octanol–water partition coefficient (Wildman–Crippen LogP) is 32.5. The van der Waals surface area contributed by atoms with Gasteiger partial charge in [-0.15, -0.1) is 48.9 Å². The van der Waals surface area contributed by atoms with Gasteiger partial charge in [0.1, 0.15) is 0 Å². The van der Waals surface area contributed by atoms with E-state index in [1.54, 1.807) is 0 Å². The van der Waals surface area contributed by atoms with E-state index in [0.29, 0.717) is 73.5 Å². The molecule has 0 atom stereocenters. The molecule has 8 aromatic rings. The van der Waals surface area contributed by atoms with E-state index in [-0.39, 0.29) is 149 Å². The van der Waals surface area contributed by atoms with Gasteiger partial charge in [0.2, 0.25) is 0 Å². The Morgan fingerprint density at radius 3 is 0.397 bits per heavy atom. The Morgan fingerprint density at radius 2 is 0.319 bits per heavy atom. The summed E-state index contributed by atoms with van der Waals surface area (Å²) in [6.07, 6.45) is 7.29. The fourth-order valence-corrected chi connectivity index (χ4v) is 45.4. The first-order chi connectivity index (χ1) is 51.2. The zero-order valence-electron chi connectivity index (χ0n) is 79.8. The number of aromatic nitrogens is 4. The molecule has 4 radical (unpaired) electrons. The minimum Gasteiger partial charge on any atom is -0.682 e. The first kappa shape index (κ1) is 122. The van der Waals surface area contributed by atoms with Gasteiger partial charge in [0.05, 0.1) is 0 Å². The molecule has 0 spiro atoms. The van der Waals surface area contributed by atoms with Crippen molar-refractivity contribution in [3.8, 4) is 0 Å². The molecule has 12 nitrogen and oxygen atoms in total. The summed E-state index contributed by atoms with van der Waals surface area (Å²) in [6, 6.07) is 42.0. The quantitative estimate of drug-likeness (QED) is 0.0445. The third kappa shape index (κ3) is 56.7. The summed E-state index contributed by atoms with van der Waals surface area (Å²) in [6.45, 7) is 93.3. The van der Waals surface area contributed by atoms with Crippen molar-refractivity contribution in [3.05, 3.63) is 253 Å². The van der Waals surface area contributed by atoms with Crippen LogP contribution in [0.1, 0.15) is 225 Å². The molecule has 116 heavy (non-hydrogen) atoms. The van der Waals surface area contributed by atoms with Crippen LogP contribution >= 0.6 is 0 Å². The third-order valence-corrected chi connectivity index (χ3v) is 37.6. The smallest absolute Gasteiger partial charge is 0.682 e. The summed E-state index contributed by atoms with van der Waals surface area (Å²) in [5.41, 5.74) is 19.4. The van der Waals surface area contributed by atoms with Crippen molar-refractivity contribution >= 4 is 88.6 Å². The van der Waals surface area contributed by atoms with Crippen molar-refractivity contribution in [1.82, 2.24) is 19.9 Å². The first-order valence-electron chi connectivity index (χ1n) is 41.6. The summed E-state index contributed by atoms with van der Waals surface area (Å²) < 4.78 is 19.3. The molecule has 4 aromatic carbocycles. The topological polar surface area (TPSA) is 169 Å². The molecule has 0 saturated heterocycles. The largest absolute Gasteiger partial charge is 3.00 e. The second-order valence-electron chi connectivity index (χ2n) is 40.0. The maximum atomic E-state index is 4.83. The van der Waals surface area contributed by atoms with Crippen molar-refractivity contribution in [2.45, 2.75) is 341 Å². The number of nitrogens with zero attached hydrogens (tertiary/aromatic N) is 12. The molecule has 0 aliphatic heterocycles. The molecular weight excluding hydrogens is 2170 g/mol. The Kier molecular flexibility index (Phi) is 61.2. The van der Waals surface area contributed by atoms with Gasteiger partial charge in [-0.1, -0.05) is 500 Å². The average molecular weight is 2330 g/mol. The average Bonchev–Trinajstić information content (AvgIpc) is 0.915. The van der Waals surface area contributed by atoms with E-state index in [2.05, 4.69) is 361 Å². The molecular formula is C92H160Er4N12Si8.